The van der Waals surface area contributed by atoms with Gasteiger partial charge >= 0.3 is 5.97 Å². The molecular formula is C20H41NO2. The van der Waals surface area contributed by atoms with E-state index in [0.717, 1.165) is 25.8 Å². The van der Waals surface area contributed by atoms with E-state index in [4.69, 9.17) is 4.74 Å². The molecule has 0 aliphatic rings. The van der Waals surface area contributed by atoms with Crippen molar-refractivity contribution in [2.45, 2.75) is 90.9 Å². The lowest BCUT2D eigenvalue weighted by Gasteiger charge is -2.17. The molecule has 0 aromatic rings. The standard InChI is InChI=1S/C20H41NO2/c1-5-7-9-11-15-19(14-8-6-2)18-23-20(22)16-12-10-13-17-21(3)4/h19H,5-18H2,1-4H3. The Balaban J connectivity index is 3.77. The summed E-state index contributed by atoms with van der Waals surface area (Å²) in [6.45, 7) is 6.22. The van der Waals surface area contributed by atoms with Crippen LogP contribution >= 0.6 is 0 Å². The Kier molecular flexibility index (Phi) is 15.9. The van der Waals surface area contributed by atoms with Gasteiger partial charge in [-0.05, 0) is 52.2 Å². The second kappa shape index (κ2) is 16.3. The summed E-state index contributed by atoms with van der Waals surface area (Å²) in [7, 11) is 4.18. The van der Waals surface area contributed by atoms with Gasteiger partial charge in [-0.25, -0.2) is 0 Å². The van der Waals surface area contributed by atoms with Crippen LogP contribution in [-0.4, -0.2) is 38.1 Å². The predicted octanol–water partition coefficient (Wildman–Crippen LogP) is 5.43. The van der Waals surface area contributed by atoms with E-state index >= 15 is 0 Å². The van der Waals surface area contributed by atoms with Gasteiger partial charge < -0.3 is 9.64 Å². The molecule has 0 N–H and O–H groups in total. The number of esters is 1. The Morgan fingerprint density at radius 3 is 2.17 bits per heavy atom. The van der Waals surface area contributed by atoms with Crippen LogP contribution in [0.3, 0.4) is 0 Å². The smallest absolute Gasteiger partial charge is 0.305 e. The van der Waals surface area contributed by atoms with Gasteiger partial charge in [-0.1, -0.05) is 58.8 Å². The molecule has 0 aromatic carbocycles. The van der Waals surface area contributed by atoms with Crippen LogP contribution in [0.2, 0.25) is 0 Å². The monoisotopic (exact) mass is 327 g/mol. The second-order valence-corrected chi connectivity index (χ2v) is 7.15. The van der Waals surface area contributed by atoms with Crippen molar-refractivity contribution in [1.82, 2.24) is 4.90 Å². The third kappa shape index (κ3) is 16.1. The first-order valence-electron chi connectivity index (χ1n) is 9.90. The number of ether oxygens (including phenoxy) is 1. The van der Waals surface area contributed by atoms with E-state index in [2.05, 4.69) is 32.8 Å². The normalized spacial score (nSPS) is 12.6. The SMILES string of the molecule is CCCCCCC(CCCC)COC(=O)CCCCCN(C)C. The molecule has 3 nitrogen and oxygen atoms in total. The van der Waals surface area contributed by atoms with Crippen LogP contribution < -0.4 is 0 Å². The summed E-state index contributed by atoms with van der Waals surface area (Å²) in [5, 5.41) is 0. The van der Waals surface area contributed by atoms with E-state index < -0.39 is 0 Å². The molecule has 0 heterocycles. The number of nitrogens with zero attached hydrogens (tertiary/aromatic N) is 1. The highest BCUT2D eigenvalue weighted by molar-refractivity contribution is 5.69. The van der Waals surface area contributed by atoms with Crippen LogP contribution in [-0.2, 0) is 9.53 Å². The van der Waals surface area contributed by atoms with Crippen LogP contribution in [0.5, 0.6) is 0 Å². The number of rotatable bonds is 16. The molecule has 23 heavy (non-hydrogen) atoms. The molecule has 0 aromatic heterocycles. The van der Waals surface area contributed by atoms with Crippen molar-refractivity contribution in [2.75, 3.05) is 27.2 Å². The first kappa shape index (κ1) is 22.4. The number of hydrogen-bond donors (Lipinski definition) is 0. The van der Waals surface area contributed by atoms with Crippen molar-refractivity contribution in [1.29, 1.82) is 0 Å². The van der Waals surface area contributed by atoms with Gasteiger partial charge in [0, 0.05) is 6.42 Å². The second-order valence-electron chi connectivity index (χ2n) is 7.15. The maximum atomic E-state index is 11.9. The van der Waals surface area contributed by atoms with Gasteiger partial charge in [0.1, 0.15) is 0 Å². The van der Waals surface area contributed by atoms with Gasteiger partial charge in [-0.15, -0.1) is 0 Å². The molecule has 0 fully saturated rings. The summed E-state index contributed by atoms with van der Waals surface area (Å²) in [6, 6.07) is 0. The minimum Gasteiger partial charge on any atom is -0.465 e. The fraction of sp³-hybridized carbons (Fsp3) is 0.950. The molecule has 0 spiro atoms. The first-order chi connectivity index (χ1) is 11.1. The van der Waals surface area contributed by atoms with E-state index in [-0.39, 0.29) is 5.97 Å². The van der Waals surface area contributed by atoms with E-state index in [9.17, 15) is 4.79 Å². The average molecular weight is 328 g/mol. The zero-order chi connectivity index (χ0) is 17.3. The summed E-state index contributed by atoms with van der Waals surface area (Å²) in [4.78, 5) is 14.1. The third-order valence-corrected chi connectivity index (χ3v) is 4.40. The molecule has 0 amide bonds. The Morgan fingerprint density at radius 2 is 1.52 bits per heavy atom. The number of carbonyl (C=O) groups excluding carboxylic acids is 1. The van der Waals surface area contributed by atoms with Crippen molar-refractivity contribution in [3.8, 4) is 0 Å². The zero-order valence-corrected chi connectivity index (χ0v) is 16.2. The lowest BCUT2D eigenvalue weighted by atomic mass is 9.96. The molecule has 3 heteroatoms. The molecule has 0 bridgehead atoms. The Bertz CT molecular complexity index is 266. The van der Waals surface area contributed by atoms with Crippen LogP contribution in [0, 0.1) is 5.92 Å². The minimum absolute atomic E-state index is 0.00455. The first-order valence-corrected chi connectivity index (χ1v) is 9.90. The Morgan fingerprint density at radius 1 is 0.870 bits per heavy atom. The Labute approximate surface area is 145 Å². The lowest BCUT2D eigenvalue weighted by molar-refractivity contribution is -0.145. The maximum Gasteiger partial charge on any atom is 0.305 e. The average Bonchev–Trinajstić information content (AvgIpc) is 2.52. The fourth-order valence-corrected chi connectivity index (χ4v) is 2.82. The highest BCUT2D eigenvalue weighted by Gasteiger charge is 2.11. The highest BCUT2D eigenvalue weighted by Crippen LogP contribution is 2.18. The molecule has 138 valence electrons. The number of unbranched alkanes of at least 4 members (excludes halogenated alkanes) is 6. The molecule has 0 aliphatic heterocycles. The summed E-state index contributed by atoms with van der Waals surface area (Å²) in [5.41, 5.74) is 0. The molecule has 0 saturated carbocycles. The van der Waals surface area contributed by atoms with E-state index in [1.807, 2.05) is 0 Å². The lowest BCUT2D eigenvalue weighted by Crippen LogP contribution is -2.15. The van der Waals surface area contributed by atoms with E-state index in [0.29, 0.717) is 18.9 Å². The molecule has 0 rings (SSSR count). The quantitative estimate of drug-likeness (QED) is 0.280. The fourth-order valence-electron chi connectivity index (χ4n) is 2.82. The Hall–Kier alpha value is -0.570. The van der Waals surface area contributed by atoms with Crippen LogP contribution in [0.1, 0.15) is 90.9 Å². The third-order valence-electron chi connectivity index (χ3n) is 4.40. The molecular weight excluding hydrogens is 286 g/mol. The van der Waals surface area contributed by atoms with Crippen molar-refractivity contribution < 1.29 is 9.53 Å². The largest absolute Gasteiger partial charge is 0.465 e. The van der Waals surface area contributed by atoms with Gasteiger partial charge in [0.25, 0.3) is 0 Å². The van der Waals surface area contributed by atoms with Crippen molar-refractivity contribution >= 4 is 5.97 Å². The van der Waals surface area contributed by atoms with Crippen LogP contribution in [0.15, 0.2) is 0 Å². The number of carbonyl (C=O) groups is 1. The van der Waals surface area contributed by atoms with Gasteiger partial charge in [0.05, 0.1) is 6.61 Å². The number of hydrogen-bond acceptors (Lipinski definition) is 3. The van der Waals surface area contributed by atoms with E-state index in [1.165, 1.54) is 51.4 Å². The van der Waals surface area contributed by atoms with Gasteiger partial charge in [-0.3, -0.25) is 4.79 Å². The van der Waals surface area contributed by atoms with Gasteiger partial charge in [0.2, 0.25) is 0 Å². The van der Waals surface area contributed by atoms with Crippen molar-refractivity contribution in [3.63, 3.8) is 0 Å². The predicted molar refractivity (Wildman–Crippen MR) is 99.8 cm³/mol. The highest BCUT2D eigenvalue weighted by atomic mass is 16.5. The molecule has 0 radical (unpaired) electrons. The van der Waals surface area contributed by atoms with Crippen molar-refractivity contribution in [3.05, 3.63) is 0 Å². The molecule has 1 unspecified atom stereocenters. The summed E-state index contributed by atoms with van der Waals surface area (Å²) in [6.07, 6.45) is 13.9. The van der Waals surface area contributed by atoms with Gasteiger partial charge in [-0.2, -0.15) is 0 Å². The van der Waals surface area contributed by atoms with Crippen LogP contribution in [0.4, 0.5) is 0 Å². The maximum absolute atomic E-state index is 11.9. The topological polar surface area (TPSA) is 29.5 Å². The van der Waals surface area contributed by atoms with E-state index in [1.54, 1.807) is 0 Å². The molecule has 0 saturated heterocycles. The summed E-state index contributed by atoms with van der Waals surface area (Å²) in [5.74, 6) is 0.578. The minimum atomic E-state index is 0.00455. The molecule has 0 aliphatic carbocycles. The van der Waals surface area contributed by atoms with Crippen LogP contribution in [0.25, 0.3) is 0 Å². The summed E-state index contributed by atoms with van der Waals surface area (Å²) >= 11 is 0. The molecule has 1 atom stereocenters. The van der Waals surface area contributed by atoms with Crippen molar-refractivity contribution in [2.24, 2.45) is 5.92 Å². The van der Waals surface area contributed by atoms with Gasteiger partial charge in [0.15, 0.2) is 0 Å². The summed E-state index contributed by atoms with van der Waals surface area (Å²) < 4.78 is 5.54. The zero-order valence-electron chi connectivity index (χ0n) is 16.2.